The Morgan fingerprint density at radius 3 is 2.91 bits per heavy atom. The number of hydrogen-bond donors (Lipinski definition) is 1. The number of hydrogen-bond acceptors (Lipinski definition) is 5. The lowest BCUT2D eigenvalue weighted by molar-refractivity contribution is 0.639. The van der Waals surface area contributed by atoms with Crippen molar-refractivity contribution in [3.63, 3.8) is 0 Å². The molecule has 6 nitrogen and oxygen atoms in total. The van der Waals surface area contributed by atoms with Crippen molar-refractivity contribution in [3.05, 3.63) is 33.4 Å². The Kier molecular flexibility index (Phi) is 3.29. The molecule has 1 fully saturated rings. The average molecular weight is 315 g/mol. The zero-order valence-electron chi connectivity index (χ0n) is 12.4. The number of H-pyrrole nitrogens is 1. The Morgan fingerprint density at radius 1 is 1.41 bits per heavy atom. The number of aryl methyl sites for hydroxylation is 1. The summed E-state index contributed by atoms with van der Waals surface area (Å²) in [5, 5.41) is 7.24. The molecule has 114 valence electrons. The Balaban J connectivity index is 1.97. The Morgan fingerprint density at radius 2 is 2.23 bits per heavy atom. The summed E-state index contributed by atoms with van der Waals surface area (Å²) in [6.45, 7) is 2.02. The lowest BCUT2D eigenvalue weighted by Crippen LogP contribution is -2.16. The van der Waals surface area contributed by atoms with E-state index in [-0.39, 0.29) is 5.56 Å². The minimum absolute atomic E-state index is 0.131. The minimum atomic E-state index is -0.131. The van der Waals surface area contributed by atoms with E-state index in [0.717, 1.165) is 35.8 Å². The van der Waals surface area contributed by atoms with Crippen LogP contribution in [0.1, 0.15) is 50.0 Å². The molecule has 1 aliphatic carbocycles. The standard InChI is InChI=1S/C15H17N5OS/c1-2-10-11-14(21)18-12(15-16-7-8-22-15)19-20(11)13(17-10)9-5-3-4-6-9/h7-9H,2-6H2,1H3,(H,18,19,21). The maximum absolute atomic E-state index is 12.5. The van der Waals surface area contributed by atoms with Gasteiger partial charge in [0, 0.05) is 17.5 Å². The maximum atomic E-state index is 12.5. The minimum Gasteiger partial charge on any atom is -0.301 e. The zero-order valence-corrected chi connectivity index (χ0v) is 13.2. The van der Waals surface area contributed by atoms with Crippen molar-refractivity contribution in [2.75, 3.05) is 0 Å². The van der Waals surface area contributed by atoms with Gasteiger partial charge in [0.1, 0.15) is 5.82 Å². The third kappa shape index (κ3) is 2.08. The first kappa shape index (κ1) is 13.6. The van der Waals surface area contributed by atoms with Crippen molar-refractivity contribution >= 4 is 16.9 Å². The summed E-state index contributed by atoms with van der Waals surface area (Å²) in [5.74, 6) is 1.87. The Hall–Kier alpha value is -2.02. The van der Waals surface area contributed by atoms with E-state index in [4.69, 9.17) is 4.98 Å². The molecular weight excluding hydrogens is 298 g/mol. The molecule has 3 aromatic heterocycles. The van der Waals surface area contributed by atoms with Crippen molar-refractivity contribution in [2.24, 2.45) is 0 Å². The molecule has 7 heteroatoms. The number of rotatable bonds is 3. The van der Waals surface area contributed by atoms with E-state index >= 15 is 0 Å². The number of thiazole rings is 1. The molecule has 0 aliphatic heterocycles. The number of nitrogens with zero attached hydrogens (tertiary/aromatic N) is 4. The van der Waals surface area contributed by atoms with Crippen LogP contribution in [0.15, 0.2) is 16.4 Å². The van der Waals surface area contributed by atoms with E-state index in [1.165, 1.54) is 24.2 Å². The van der Waals surface area contributed by atoms with Crippen molar-refractivity contribution in [1.82, 2.24) is 24.6 Å². The topological polar surface area (TPSA) is 75.9 Å². The summed E-state index contributed by atoms with van der Waals surface area (Å²) in [5.41, 5.74) is 1.29. The molecule has 0 spiro atoms. The molecule has 1 aliphatic rings. The number of aromatic amines is 1. The fraction of sp³-hybridized carbons (Fsp3) is 0.467. The van der Waals surface area contributed by atoms with Gasteiger partial charge in [0.05, 0.1) is 5.69 Å². The van der Waals surface area contributed by atoms with Gasteiger partial charge in [0.15, 0.2) is 16.3 Å². The van der Waals surface area contributed by atoms with Gasteiger partial charge in [0.2, 0.25) is 0 Å². The van der Waals surface area contributed by atoms with Gasteiger partial charge in [-0.1, -0.05) is 19.8 Å². The predicted octanol–water partition coefficient (Wildman–Crippen LogP) is 2.76. The predicted molar refractivity (Wildman–Crippen MR) is 85.3 cm³/mol. The molecule has 1 N–H and O–H groups in total. The van der Waals surface area contributed by atoms with E-state index in [1.807, 2.05) is 12.3 Å². The second kappa shape index (κ2) is 5.31. The molecule has 0 amide bonds. The molecule has 3 heterocycles. The van der Waals surface area contributed by atoms with Gasteiger partial charge in [-0.15, -0.1) is 16.4 Å². The van der Waals surface area contributed by atoms with E-state index in [1.54, 1.807) is 10.7 Å². The maximum Gasteiger partial charge on any atom is 0.277 e. The average Bonchev–Trinajstić information content (AvgIpc) is 3.26. The molecule has 4 rings (SSSR count). The van der Waals surface area contributed by atoms with Gasteiger partial charge in [-0.3, -0.25) is 4.79 Å². The molecular formula is C15H17N5OS. The zero-order chi connectivity index (χ0) is 15.1. The highest BCUT2D eigenvalue weighted by molar-refractivity contribution is 7.12. The van der Waals surface area contributed by atoms with Crippen molar-refractivity contribution in [1.29, 1.82) is 0 Å². The fourth-order valence-corrected chi connectivity index (χ4v) is 3.80. The summed E-state index contributed by atoms with van der Waals surface area (Å²) >= 11 is 1.47. The SMILES string of the molecule is CCc1nc(C2CCCC2)n2nc(-c3nccs3)[nH]c(=O)c12. The molecule has 0 unspecified atom stereocenters. The lowest BCUT2D eigenvalue weighted by Gasteiger charge is -2.07. The summed E-state index contributed by atoms with van der Waals surface area (Å²) in [7, 11) is 0. The molecule has 1 saturated carbocycles. The van der Waals surface area contributed by atoms with Crippen LogP contribution in [0, 0.1) is 0 Å². The van der Waals surface area contributed by atoms with Crippen LogP contribution in [-0.4, -0.2) is 24.6 Å². The quantitative estimate of drug-likeness (QED) is 0.806. The largest absolute Gasteiger partial charge is 0.301 e. The molecule has 0 bridgehead atoms. The third-order valence-corrected chi connectivity index (χ3v) is 5.07. The van der Waals surface area contributed by atoms with E-state index < -0.39 is 0 Å². The molecule has 0 saturated heterocycles. The van der Waals surface area contributed by atoms with E-state index in [9.17, 15) is 4.79 Å². The van der Waals surface area contributed by atoms with Gasteiger partial charge in [-0.05, 0) is 19.3 Å². The van der Waals surface area contributed by atoms with E-state index in [0.29, 0.717) is 17.3 Å². The van der Waals surface area contributed by atoms with Crippen molar-refractivity contribution in [3.8, 4) is 10.8 Å². The third-order valence-electron chi connectivity index (χ3n) is 4.29. The second-order valence-corrected chi connectivity index (χ2v) is 6.55. The van der Waals surface area contributed by atoms with Gasteiger partial charge < -0.3 is 4.98 Å². The summed E-state index contributed by atoms with van der Waals surface area (Å²) in [4.78, 5) is 24.4. The molecule has 0 radical (unpaired) electrons. The first-order valence-corrected chi connectivity index (χ1v) is 8.57. The number of imidazole rings is 1. The van der Waals surface area contributed by atoms with Crippen LogP contribution in [0.3, 0.4) is 0 Å². The van der Waals surface area contributed by atoms with Crippen molar-refractivity contribution < 1.29 is 0 Å². The van der Waals surface area contributed by atoms with Crippen LogP contribution in [0.25, 0.3) is 16.3 Å². The van der Waals surface area contributed by atoms with Crippen LogP contribution in [0.2, 0.25) is 0 Å². The Labute approximate surface area is 131 Å². The summed E-state index contributed by atoms with van der Waals surface area (Å²) in [6.07, 6.45) is 7.16. The van der Waals surface area contributed by atoms with Crippen LogP contribution in [-0.2, 0) is 6.42 Å². The van der Waals surface area contributed by atoms with Crippen LogP contribution >= 0.6 is 11.3 Å². The first-order valence-electron chi connectivity index (χ1n) is 7.69. The summed E-state index contributed by atoms with van der Waals surface area (Å²) in [6, 6.07) is 0. The summed E-state index contributed by atoms with van der Waals surface area (Å²) < 4.78 is 1.77. The van der Waals surface area contributed by atoms with Crippen LogP contribution < -0.4 is 5.56 Å². The van der Waals surface area contributed by atoms with Crippen molar-refractivity contribution in [2.45, 2.75) is 44.9 Å². The molecule has 0 aromatic carbocycles. The molecule has 0 atom stereocenters. The Bertz CT molecular complexity index is 858. The molecule has 22 heavy (non-hydrogen) atoms. The van der Waals surface area contributed by atoms with Gasteiger partial charge in [-0.25, -0.2) is 14.5 Å². The lowest BCUT2D eigenvalue weighted by atomic mass is 10.1. The number of aromatic nitrogens is 5. The number of nitrogens with one attached hydrogen (secondary N) is 1. The van der Waals surface area contributed by atoms with E-state index in [2.05, 4.69) is 15.1 Å². The van der Waals surface area contributed by atoms with Gasteiger partial charge in [0.25, 0.3) is 5.56 Å². The van der Waals surface area contributed by atoms with Gasteiger partial charge >= 0.3 is 0 Å². The van der Waals surface area contributed by atoms with Crippen LogP contribution in [0.4, 0.5) is 0 Å². The van der Waals surface area contributed by atoms with Crippen LogP contribution in [0.5, 0.6) is 0 Å². The monoisotopic (exact) mass is 315 g/mol. The number of fused-ring (bicyclic) bond motifs is 1. The highest BCUT2D eigenvalue weighted by Crippen LogP contribution is 2.34. The first-order chi connectivity index (χ1) is 10.8. The highest BCUT2D eigenvalue weighted by atomic mass is 32.1. The fourth-order valence-electron chi connectivity index (χ4n) is 3.23. The normalized spacial score (nSPS) is 15.9. The smallest absolute Gasteiger partial charge is 0.277 e. The van der Waals surface area contributed by atoms with Gasteiger partial charge in [-0.2, -0.15) is 0 Å². The highest BCUT2D eigenvalue weighted by Gasteiger charge is 2.25. The second-order valence-electron chi connectivity index (χ2n) is 5.65. The molecule has 3 aromatic rings.